The smallest absolute Gasteiger partial charge is 0.224 e. The van der Waals surface area contributed by atoms with Crippen LogP contribution in [0.5, 0.6) is 0 Å². The van der Waals surface area contributed by atoms with Gasteiger partial charge >= 0.3 is 0 Å². The maximum absolute atomic E-state index is 13.2. The van der Waals surface area contributed by atoms with Gasteiger partial charge in [-0.2, -0.15) is 12.6 Å². The summed E-state index contributed by atoms with van der Waals surface area (Å²) in [5.41, 5.74) is 1.06. The van der Waals surface area contributed by atoms with Gasteiger partial charge in [-0.25, -0.2) is 4.39 Å². The third kappa shape index (κ3) is 2.71. The molecular formula is C16H20FNOS. The molecule has 0 radical (unpaired) electrons. The van der Waals surface area contributed by atoms with E-state index in [4.69, 9.17) is 0 Å². The highest BCUT2D eigenvalue weighted by Crippen LogP contribution is 2.41. The molecule has 3 rings (SSSR count). The fourth-order valence-corrected chi connectivity index (χ4v) is 3.95. The predicted octanol–water partition coefficient (Wildman–Crippen LogP) is 3.59. The first kappa shape index (κ1) is 13.9. The van der Waals surface area contributed by atoms with E-state index in [1.54, 1.807) is 0 Å². The molecule has 1 aliphatic carbocycles. The van der Waals surface area contributed by atoms with Gasteiger partial charge in [0.1, 0.15) is 5.82 Å². The predicted molar refractivity (Wildman–Crippen MR) is 80.2 cm³/mol. The SMILES string of the molecule is O=C1CC(S)CN1C(c1ccc(F)cc1)C1CCCC1. The summed E-state index contributed by atoms with van der Waals surface area (Å²) in [4.78, 5) is 14.2. The van der Waals surface area contributed by atoms with E-state index < -0.39 is 0 Å². The molecular weight excluding hydrogens is 273 g/mol. The molecule has 108 valence electrons. The molecule has 1 aliphatic heterocycles. The molecule has 2 aliphatic rings. The largest absolute Gasteiger partial charge is 0.334 e. The van der Waals surface area contributed by atoms with Crippen LogP contribution in [0.25, 0.3) is 0 Å². The molecule has 0 N–H and O–H groups in total. The minimum absolute atomic E-state index is 0.0998. The average molecular weight is 293 g/mol. The van der Waals surface area contributed by atoms with E-state index in [0.29, 0.717) is 18.9 Å². The molecule has 1 aromatic rings. The number of benzene rings is 1. The number of rotatable bonds is 3. The number of carbonyl (C=O) groups excluding carboxylic acids is 1. The summed E-state index contributed by atoms with van der Waals surface area (Å²) >= 11 is 4.45. The van der Waals surface area contributed by atoms with Crippen LogP contribution in [-0.2, 0) is 4.79 Å². The Morgan fingerprint density at radius 2 is 1.85 bits per heavy atom. The number of hydrogen-bond acceptors (Lipinski definition) is 2. The summed E-state index contributed by atoms with van der Waals surface area (Å²) in [5, 5.41) is 0.131. The van der Waals surface area contributed by atoms with Gasteiger partial charge in [0, 0.05) is 18.2 Å². The molecule has 2 unspecified atom stereocenters. The van der Waals surface area contributed by atoms with Crippen molar-refractivity contribution in [2.45, 2.75) is 43.4 Å². The van der Waals surface area contributed by atoms with Crippen LogP contribution in [0.2, 0.25) is 0 Å². The van der Waals surface area contributed by atoms with Crippen LogP contribution < -0.4 is 0 Å². The van der Waals surface area contributed by atoms with Crippen molar-refractivity contribution in [1.82, 2.24) is 4.90 Å². The van der Waals surface area contributed by atoms with E-state index in [1.165, 1.54) is 25.0 Å². The van der Waals surface area contributed by atoms with Crippen LogP contribution in [0.3, 0.4) is 0 Å². The normalized spacial score (nSPS) is 25.4. The number of nitrogens with zero attached hydrogens (tertiary/aromatic N) is 1. The Labute approximate surface area is 124 Å². The zero-order valence-electron chi connectivity index (χ0n) is 11.5. The number of amides is 1. The van der Waals surface area contributed by atoms with Gasteiger partial charge in [0.2, 0.25) is 5.91 Å². The van der Waals surface area contributed by atoms with Crippen LogP contribution in [0, 0.1) is 11.7 Å². The molecule has 1 saturated carbocycles. The number of carbonyl (C=O) groups is 1. The zero-order chi connectivity index (χ0) is 14.1. The topological polar surface area (TPSA) is 20.3 Å². The molecule has 1 amide bonds. The van der Waals surface area contributed by atoms with E-state index in [1.807, 2.05) is 17.0 Å². The van der Waals surface area contributed by atoms with Gasteiger partial charge in [0.05, 0.1) is 6.04 Å². The molecule has 2 atom stereocenters. The van der Waals surface area contributed by atoms with Crippen molar-refractivity contribution in [2.24, 2.45) is 5.92 Å². The van der Waals surface area contributed by atoms with E-state index in [2.05, 4.69) is 12.6 Å². The highest BCUT2D eigenvalue weighted by molar-refractivity contribution is 7.81. The van der Waals surface area contributed by atoms with Crippen molar-refractivity contribution < 1.29 is 9.18 Å². The van der Waals surface area contributed by atoms with Crippen LogP contribution >= 0.6 is 12.6 Å². The summed E-state index contributed by atoms with van der Waals surface area (Å²) in [7, 11) is 0. The lowest BCUT2D eigenvalue weighted by Gasteiger charge is -2.33. The quantitative estimate of drug-likeness (QED) is 0.845. The molecule has 0 spiro atoms. The standard InChI is InChI=1S/C16H20FNOS/c17-13-7-5-12(6-8-13)16(11-3-1-2-4-11)18-10-14(20)9-15(18)19/h5-8,11,14,16,20H,1-4,9-10H2. The third-order valence-corrected chi connectivity index (χ3v) is 4.88. The van der Waals surface area contributed by atoms with Crippen molar-refractivity contribution in [3.05, 3.63) is 35.6 Å². The molecule has 0 bridgehead atoms. The molecule has 2 fully saturated rings. The summed E-state index contributed by atoms with van der Waals surface area (Å²) < 4.78 is 13.2. The van der Waals surface area contributed by atoms with Gasteiger partial charge in [-0.3, -0.25) is 4.79 Å². The molecule has 2 nitrogen and oxygen atoms in total. The summed E-state index contributed by atoms with van der Waals surface area (Å²) in [5.74, 6) is 0.466. The highest BCUT2D eigenvalue weighted by Gasteiger charge is 2.38. The van der Waals surface area contributed by atoms with Gasteiger partial charge in [-0.15, -0.1) is 0 Å². The van der Waals surface area contributed by atoms with Crippen LogP contribution in [0.4, 0.5) is 4.39 Å². The minimum atomic E-state index is -0.223. The monoisotopic (exact) mass is 293 g/mol. The fourth-order valence-electron chi connectivity index (χ4n) is 3.62. The lowest BCUT2D eigenvalue weighted by atomic mass is 9.90. The average Bonchev–Trinajstić information content (AvgIpc) is 3.03. The number of likely N-dealkylation sites (tertiary alicyclic amines) is 1. The van der Waals surface area contributed by atoms with E-state index >= 15 is 0 Å². The van der Waals surface area contributed by atoms with Crippen LogP contribution in [-0.4, -0.2) is 22.6 Å². The van der Waals surface area contributed by atoms with E-state index in [-0.39, 0.29) is 23.0 Å². The highest BCUT2D eigenvalue weighted by atomic mass is 32.1. The number of halogens is 1. The lowest BCUT2D eigenvalue weighted by molar-refractivity contribution is -0.130. The van der Waals surface area contributed by atoms with Gasteiger partial charge < -0.3 is 4.90 Å². The number of hydrogen-bond donors (Lipinski definition) is 1. The van der Waals surface area contributed by atoms with Crippen molar-refractivity contribution in [1.29, 1.82) is 0 Å². The first-order valence-corrected chi connectivity index (χ1v) is 7.90. The van der Waals surface area contributed by atoms with Crippen molar-refractivity contribution in [3.63, 3.8) is 0 Å². The Hall–Kier alpha value is -1.03. The van der Waals surface area contributed by atoms with Crippen molar-refractivity contribution >= 4 is 18.5 Å². The zero-order valence-corrected chi connectivity index (χ0v) is 12.4. The maximum atomic E-state index is 13.2. The minimum Gasteiger partial charge on any atom is -0.334 e. The molecule has 20 heavy (non-hydrogen) atoms. The molecule has 0 aromatic heterocycles. The Morgan fingerprint density at radius 3 is 2.40 bits per heavy atom. The Kier molecular flexibility index (Phi) is 4.01. The molecule has 1 saturated heterocycles. The summed E-state index contributed by atoms with van der Waals surface area (Å²) in [6, 6.07) is 6.75. The van der Waals surface area contributed by atoms with Crippen LogP contribution in [0.1, 0.15) is 43.7 Å². The van der Waals surface area contributed by atoms with Gasteiger partial charge in [-0.05, 0) is 36.5 Å². The van der Waals surface area contributed by atoms with Crippen molar-refractivity contribution in [2.75, 3.05) is 6.54 Å². The first-order valence-electron chi connectivity index (χ1n) is 7.38. The number of thiol groups is 1. The maximum Gasteiger partial charge on any atom is 0.224 e. The molecule has 1 aromatic carbocycles. The fraction of sp³-hybridized carbons (Fsp3) is 0.562. The first-order chi connectivity index (χ1) is 9.65. The Morgan fingerprint density at radius 1 is 1.20 bits per heavy atom. The van der Waals surface area contributed by atoms with E-state index in [0.717, 1.165) is 18.4 Å². The third-order valence-electron chi connectivity index (χ3n) is 4.53. The van der Waals surface area contributed by atoms with Crippen LogP contribution in [0.15, 0.2) is 24.3 Å². The van der Waals surface area contributed by atoms with Gasteiger partial charge in [-0.1, -0.05) is 25.0 Å². The van der Waals surface area contributed by atoms with E-state index in [9.17, 15) is 9.18 Å². The lowest BCUT2D eigenvalue weighted by Crippen LogP contribution is -2.34. The summed E-state index contributed by atoms with van der Waals surface area (Å²) in [6.45, 7) is 0.709. The Bertz CT molecular complexity index is 484. The Balaban J connectivity index is 1.91. The molecule has 1 heterocycles. The van der Waals surface area contributed by atoms with Gasteiger partial charge in [0.15, 0.2) is 0 Å². The second-order valence-corrected chi connectivity index (χ2v) is 6.68. The van der Waals surface area contributed by atoms with Crippen molar-refractivity contribution in [3.8, 4) is 0 Å². The second kappa shape index (κ2) is 5.76. The van der Waals surface area contributed by atoms with Gasteiger partial charge in [0.25, 0.3) is 0 Å². The second-order valence-electron chi connectivity index (χ2n) is 5.94. The molecule has 4 heteroatoms. The summed E-state index contributed by atoms with van der Waals surface area (Å²) in [6.07, 6.45) is 5.29.